The highest BCUT2D eigenvalue weighted by atomic mass is 32.2. The van der Waals surface area contributed by atoms with Gasteiger partial charge in [-0.3, -0.25) is 4.90 Å². The lowest BCUT2D eigenvalue weighted by atomic mass is 10.2. The number of fused-ring (bicyclic) bond motifs is 1. The van der Waals surface area contributed by atoms with E-state index in [1.165, 1.54) is 0 Å². The first kappa shape index (κ1) is 13.1. The molecule has 0 radical (unpaired) electrons. The summed E-state index contributed by atoms with van der Waals surface area (Å²) in [5, 5.41) is 3.30. The van der Waals surface area contributed by atoms with Crippen LogP contribution in [-0.4, -0.2) is 60.1 Å². The summed E-state index contributed by atoms with van der Waals surface area (Å²) in [4.78, 5) is 6.69. The highest BCUT2D eigenvalue weighted by Gasteiger charge is 2.25. The van der Waals surface area contributed by atoms with Gasteiger partial charge in [0.1, 0.15) is 5.82 Å². The number of hydrogen-bond donors (Lipinski definition) is 1. The van der Waals surface area contributed by atoms with Crippen LogP contribution in [0.3, 0.4) is 0 Å². The molecule has 0 aliphatic carbocycles. The topological polar surface area (TPSA) is 67.2 Å². The number of sulfone groups is 1. The molecule has 1 atom stereocenters. The molecule has 7 heteroatoms. The molecule has 1 N–H and O–H groups in total. The number of nitrogens with zero attached hydrogens (tertiary/aromatic N) is 3. The number of nitrogens with one attached hydrogen (secondary N) is 1. The van der Waals surface area contributed by atoms with Gasteiger partial charge in [0.2, 0.25) is 0 Å². The Bertz CT molecular complexity index is 540. The van der Waals surface area contributed by atoms with E-state index in [0.29, 0.717) is 6.54 Å². The Morgan fingerprint density at radius 1 is 1.42 bits per heavy atom. The third-order valence-corrected chi connectivity index (χ3v) is 5.66. The molecular weight excluding hydrogens is 264 g/mol. The Hall–Kier alpha value is -0.920. The van der Waals surface area contributed by atoms with Gasteiger partial charge in [0.25, 0.3) is 0 Å². The molecule has 19 heavy (non-hydrogen) atoms. The summed E-state index contributed by atoms with van der Waals surface area (Å²) < 4.78 is 25.3. The van der Waals surface area contributed by atoms with Crippen molar-refractivity contribution >= 4 is 9.84 Å². The zero-order chi connectivity index (χ0) is 13.3. The van der Waals surface area contributed by atoms with Crippen molar-refractivity contribution in [2.45, 2.75) is 25.6 Å². The van der Waals surface area contributed by atoms with Crippen LogP contribution < -0.4 is 5.32 Å². The summed E-state index contributed by atoms with van der Waals surface area (Å²) in [7, 11) is -2.82. The molecule has 0 spiro atoms. The average Bonchev–Trinajstić information content (AvgIpc) is 2.82. The number of rotatable bonds is 3. The molecule has 1 unspecified atom stereocenters. The molecule has 1 aromatic heterocycles. The van der Waals surface area contributed by atoms with Gasteiger partial charge >= 0.3 is 0 Å². The van der Waals surface area contributed by atoms with Crippen molar-refractivity contribution in [3.8, 4) is 0 Å². The summed E-state index contributed by atoms with van der Waals surface area (Å²) in [6.07, 6.45) is 4.75. The largest absolute Gasteiger partial charge is 0.333 e. The van der Waals surface area contributed by atoms with E-state index in [1.54, 1.807) is 0 Å². The standard InChI is InChI=1S/C12H20N4O2S/c17-19(18)8-3-13-11(10-19)1-4-15-6-7-16-5-2-14-12(16)9-15/h2,5,11,13H,1,3-4,6-10H2. The summed E-state index contributed by atoms with van der Waals surface area (Å²) >= 11 is 0. The van der Waals surface area contributed by atoms with Crippen LogP contribution in [0.15, 0.2) is 12.4 Å². The summed E-state index contributed by atoms with van der Waals surface area (Å²) in [6.45, 7) is 4.39. The molecule has 1 fully saturated rings. The summed E-state index contributed by atoms with van der Waals surface area (Å²) in [6, 6.07) is 0.112. The molecule has 3 rings (SSSR count). The predicted molar refractivity (Wildman–Crippen MR) is 72.6 cm³/mol. The molecule has 0 saturated carbocycles. The quantitative estimate of drug-likeness (QED) is 0.809. The molecule has 2 aliphatic rings. The van der Waals surface area contributed by atoms with Crippen molar-refractivity contribution in [1.82, 2.24) is 19.8 Å². The fourth-order valence-electron chi connectivity index (χ4n) is 2.81. The zero-order valence-electron chi connectivity index (χ0n) is 11.0. The van der Waals surface area contributed by atoms with E-state index in [4.69, 9.17) is 0 Å². The van der Waals surface area contributed by atoms with Crippen LogP contribution in [-0.2, 0) is 22.9 Å². The first-order chi connectivity index (χ1) is 9.12. The van der Waals surface area contributed by atoms with Crippen molar-refractivity contribution in [3.05, 3.63) is 18.2 Å². The van der Waals surface area contributed by atoms with E-state index in [9.17, 15) is 8.42 Å². The Morgan fingerprint density at radius 2 is 2.32 bits per heavy atom. The first-order valence-electron chi connectivity index (χ1n) is 6.78. The monoisotopic (exact) mass is 284 g/mol. The van der Waals surface area contributed by atoms with E-state index >= 15 is 0 Å². The Morgan fingerprint density at radius 3 is 3.16 bits per heavy atom. The Labute approximate surface area is 113 Å². The van der Waals surface area contributed by atoms with E-state index < -0.39 is 9.84 Å². The summed E-state index contributed by atoms with van der Waals surface area (Å²) in [5.41, 5.74) is 0. The van der Waals surface area contributed by atoms with Crippen molar-refractivity contribution in [2.75, 3.05) is 31.1 Å². The van der Waals surface area contributed by atoms with Gasteiger partial charge in [0, 0.05) is 44.6 Å². The first-order valence-corrected chi connectivity index (χ1v) is 8.61. The predicted octanol–water partition coefficient (Wildman–Crippen LogP) is -0.525. The maximum atomic E-state index is 11.6. The van der Waals surface area contributed by atoms with Crippen LogP contribution in [0.4, 0.5) is 0 Å². The number of hydrogen-bond acceptors (Lipinski definition) is 5. The van der Waals surface area contributed by atoms with Gasteiger partial charge in [-0.05, 0) is 6.42 Å². The van der Waals surface area contributed by atoms with Gasteiger partial charge in [0.15, 0.2) is 9.84 Å². The van der Waals surface area contributed by atoms with E-state index in [0.717, 1.165) is 38.4 Å². The molecule has 0 aromatic carbocycles. The average molecular weight is 284 g/mol. The van der Waals surface area contributed by atoms with E-state index in [-0.39, 0.29) is 17.5 Å². The second-order valence-corrected chi connectivity index (χ2v) is 7.60. The van der Waals surface area contributed by atoms with Gasteiger partial charge in [0.05, 0.1) is 18.1 Å². The lowest BCUT2D eigenvalue weighted by molar-refractivity contribution is 0.207. The SMILES string of the molecule is O=S1(=O)CCNC(CCN2CCn3ccnc3C2)C1. The lowest BCUT2D eigenvalue weighted by Gasteiger charge is -2.30. The molecule has 106 valence electrons. The van der Waals surface area contributed by atoms with Crippen LogP contribution >= 0.6 is 0 Å². The fourth-order valence-corrected chi connectivity index (χ4v) is 4.30. The molecule has 0 amide bonds. The maximum Gasteiger partial charge on any atom is 0.153 e. The van der Waals surface area contributed by atoms with Crippen LogP contribution in [0.5, 0.6) is 0 Å². The van der Waals surface area contributed by atoms with Gasteiger partial charge in [-0.15, -0.1) is 0 Å². The fraction of sp³-hybridized carbons (Fsp3) is 0.750. The zero-order valence-corrected chi connectivity index (χ0v) is 11.8. The molecule has 3 heterocycles. The number of aromatic nitrogens is 2. The van der Waals surface area contributed by atoms with Gasteiger partial charge in [-0.2, -0.15) is 0 Å². The van der Waals surface area contributed by atoms with Crippen molar-refractivity contribution < 1.29 is 8.42 Å². The lowest BCUT2D eigenvalue weighted by Crippen LogP contribution is -2.47. The minimum absolute atomic E-state index is 0.112. The second kappa shape index (κ2) is 5.22. The van der Waals surface area contributed by atoms with E-state index in [1.807, 2.05) is 12.4 Å². The Balaban J connectivity index is 1.51. The molecule has 1 aromatic rings. The highest BCUT2D eigenvalue weighted by molar-refractivity contribution is 7.91. The van der Waals surface area contributed by atoms with Crippen LogP contribution in [0.1, 0.15) is 12.2 Å². The third-order valence-electron chi connectivity index (χ3n) is 3.92. The molecule has 0 bridgehead atoms. The normalized spacial score (nSPS) is 27.1. The highest BCUT2D eigenvalue weighted by Crippen LogP contribution is 2.12. The van der Waals surface area contributed by atoms with Crippen molar-refractivity contribution in [3.63, 3.8) is 0 Å². The Kier molecular flexibility index (Phi) is 3.60. The van der Waals surface area contributed by atoms with Crippen LogP contribution in [0, 0.1) is 0 Å². The van der Waals surface area contributed by atoms with E-state index in [2.05, 4.69) is 19.8 Å². The molecular formula is C12H20N4O2S. The smallest absolute Gasteiger partial charge is 0.153 e. The van der Waals surface area contributed by atoms with Gasteiger partial charge in [-0.25, -0.2) is 13.4 Å². The third kappa shape index (κ3) is 3.16. The van der Waals surface area contributed by atoms with Crippen LogP contribution in [0.2, 0.25) is 0 Å². The minimum atomic E-state index is -2.82. The minimum Gasteiger partial charge on any atom is -0.333 e. The second-order valence-electron chi connectivity index (χ2n) is 5.37. The van der Waals surface area contributed by atoms with Crippen molar-refractivity contribution in [1.29, 1.82) is 0 Å². The number of imidazole rings is 1. The summed E-state index contributed by atoms with van der Waals surface area (Å²) in [5.74, 6) is 1.68. The van der Waals surface area contributed by atoms with Crippen molar-refractivity contribution in [2.24, 2.45) is 0 Å². The van der Waals surface area contributed by atoms with Gasteiger partial charge < -0.3 is 9.88 Å². The van der Waals surface area contributed by atoms with Gasteiger partial charge in [-0.1, -0.05) is 0 Å². The molecule has 2 aliphatic heterocycles. The molecule has 6 nitrogen and oxygen atoms in total. The van der Waals surface area contributed by atoms with Crippen LogP contribution in [0.25, 0.3) is 0 Å². The maximum absolute atomic E-state index is 11.6. The molecule has 1 saturated heterocycles.